The predicted octanol–water partition coefficient (Wildman–Crippen LogP) is 2.15. The van der Waals surface area contributed by atoms with Crippen LogP contribution in [-0.2, 0) is 0 Å². The van der Waals surface area contributed by atoms with Gasteiger partial charge in [0.25, 0.3) is 0 Å². The van der Waals surface area contributed by atoms with E-state index in [9.17, 15) is 4.79 Å². The second-order valence-corrected chi connectivity index (χ2v) is 4.44. The van der Waals surface area contributed by atoms with Gasteiger partial charge < -0.3 is 10.1 Å². The topological polar surface area (TPSA) is 94.2 Å². The molecule has 88 valence electrons. The summed E-state index contributed by atoms with van der Waals surface area (Å²) in [6.45, 7) is 0. The Balaban J connectivity index is 2.46. The van der Waals surface area contributed by atoms with Crippen molar-refractivity contribution in [1.82, 2.24) is 14.4 Å². The third-order valence-electron chi connectivity index (χ3n) is 2.64. The third kappa shape index (κ3) is 1.33. The van der Waals surface area contributed by atoms with Crippen LogP contribution >= 0.6 is 15.9 Å². The number of hydrogen-bond donors (Lipinski definition) is 2. The number of halogens is 1. The van der Waals surface area contributed by atoms with Crippen molar-refractivity contribution in [1.29, 1.82) is 5.26 Å². The number of benzene rings is 1. The molecule has 0 amide bonds. The van der Waals surface area contributed by atoms with Crippen LogP contribution in [0.5, 0.6) is 0 Å². The normalized spacial score (nSPS) is 10.9. The molecule has 6 nitrogen and oxygen atoms in total. The number of hydrogen-bond acceptors (Lipinski definition) is 3. The van der Waals surface area contributed by atoms with Crippen LogP contribution in [0.4, 0.5) is 0 Å². The maximum absolute atomic E-state index is 11.0. The third-order valence-corrected chi connectivity index (χ3v) is 3.37. The number of nitrogens with one attached hydrogen (secondary N) is 1. The Morgan fingerprint density at radius 2 is 2.33 bits per heavy atom. The Labute approximate surface area is 109 Å². The first-order valence-corrected chi connectivity index (χ1v) is 5.74. The average molecular weight is 305 g/mol. The summed E-state index contributed by atoms with van der Waals surface area (Å²) in [7, 11) is 0. The van der Waals surface area contributed by atoms with Gasteiger partial charge in [-0.2, -0.15) is 5.26 Å². The molecule has 0 saturated carbocycles. The van der Waals surface area contributed by atoms with Crippen LogP contribution in [0.3, 0.4) is 0 Å². The maximum Gasteiger partial charge on any atom is 0.357 e. The number of aromatic amines is 1. The first-order chi connectivity index (χ1) is 8.61. The van der Waals surface area contributed by atoms with E-state index in [4.69, 9.17) is 10.4 Å². The molecule has 0 aliphatic heterocycles. The zero-order chi connectivity index (χ0) is 12.9. The largest absolute Gasteiger partial charge is 0.476 e. The van der Waals surface area contributed by atoms with Crippen LogP contribution in [0.2, 0.25) is 0 Å². The highest BCUT2D eigenvalue weighted by Gasteiger charge is 2.19. The molecular formula is C11H5BrN4O2. The van der Waals surface area contributed by atoms with Gasteiger partial charge >= 0.3 is 5.97 Å². The molecular weight excluding hydrogens is 300 g/mol. The van der Waals surface area contributed by atoms with Crippen molar-refractivity contribution in [3.63, 3.8) is 0 Å². The van der Waals surface area contributed by atoms with E-state index in [2.05, 4.69) is 25.9 Å². The number of aromatic carboxylic acids is 1. The second-order valence-electron chi connectivity index (χ2n) is 3.68. The molecule has 7 heteroatoms. The lowest BCUT2D eigenvalue weighted by atomic mass is 10.2. The van der Waals surface area contributed by atoms with Crippen molar-refractivity contribution in [3.8, 4) is 6.07 Å². The fraction of sp³-hybridized carbons (Fsp3) is 0. The van der Waals surface area contributed by atoms with E-state index in [1.54, 1.807) is 22.6 Å². The molecule has 0 radical (unpaired) electrons. The summed E-state index contributed by atoms with van der Waals surface area (Å²) in [6, 6.07) is 7.17. The fourth-order valence-electron chi connectivity index (χ4n) is 1.85. The van der Waals surface area contributed by atoms with Crippen LogP contribution in [-0.4, -0.2) is 25.4 Å². The molecule has 0 atom stereocenters. The molecule has 2 heterocycles. The second kappa shape index (κ2) is 3.58. The van der Waals surface area contributed by atoms with Gasteiger partial charge in [0.15, 0.2) is 5.69 Å². The van der Waals surface area contributed by atoms with Crippen molar-refractivity contribution < 1.29 is 9.90 Å². The summed E-state index contributed by atoms with van der Waals surface area (Å²) in [4.78, 5) is 18.0. The van der Waals surface area contributed by atoms with Gasteiger partial charge in [-0.3, -0.25) is 4.40 Å². The summed E-state index contributed by atoms with van der Waals surface area (Å²) in [6.07, 6.45) is 0. The molecule has 0 fully saturated rings. The highest BCUT2D eigenvalue weighted by Crippen LogP contribution is 2.25. The van der Waals surface area contributed by atoms with Crippen LogP contribution < -0.4 is 0 Å². The highest BCUT2D eigenvalue weighted by molar-refractivity contribution is 9.10. The number of nitrogens with zero attached hydrogens (tertiary/aromatic N) is 3. The molecule has 0 saturated heterocycles. The summed E-state index contributed by atoms with van der Waals surface area (Å²) >= 11 is 3.22. The minimum absolute atomic E-state index is 0.0643. The van der Waals surface area contributed by atoms with Crippen LogP contribution in [0.1, 0.15) is 16.1 Å². The highest BCUT2D eigenvalue weighted by atomic mass is 79.9. The lowest BCUT2D eigenvalue weighted by Gasteiger charge is -1.94. The fourth-order valence-corrected chi connectivity index (χ4v) is 2.47. The van der Waals surface area contributed by atoms with Gasteiger partial charge in [0, 0.05) is 0 Å². The molecule has 18 heavy (non-hydrogen) atoms. The molecule has 0 aliphatic carbocycles. The summed E-state index contributed by atoms with van der Waals surface area (Å²) in [5, 5.41) is 17.9. The molecule has 3 rings (SSSR count). The summed E-state index contributed by atoms with van der Waals surface area (Å²) in [5.74, 6) is -0.687. The molecule has 0 bridgehead atoms. The van der Waals surface area contributed by atoms with Crippen molar-refractivity contribution in [2.24, 2.45) is 0 Å². The number of rotatable bonds is 1. The molecule has 0 aliphatic rings. The number of nitriles is 1. The lowest BCUT2D eigenvalue weighted by molar-refractivity contribution is 0.0690. The van der Waals surface area contributed by atoms with E-state index in [1.165, 1.54) is 0 Å². The Hall–Kier alpha value is -2.33. The number of imidazole rings is 2. The molecule has 2 N–H and O–H groups in total. The van der Waals surface area contributed by atoms with Crippen molar-refractivity contribution in [2.75, 3.05) is 0 Å². The van der Waals surface area contributed by atoms with E-state index in [0.29, 0.717) is 21.5 Å². The minimum Gasteiger partial charge on any atom is -0.476 e. The molecule has 1 aromatic carbocycles. The van der Waals surface area contributed by atoms with E-state index in [1.807, 2.05) is 6.07 Å². The Morgan fingerprint density at radius 1 is 1.56 bits per heavy atom. The number of aromatic nitrogens is 3. The number of carboxylic acids is 1. The van der Waals surface area contributed by atoms with E-state index in [-0.39, 0.29) is 5.69 Å². The Morgan fingerprint density at radius 3 is 3.00 bits per heavy atom. The molecule has 0 unspecified atom stereocenters. The monoisotopic (exact) mass is 304 g/mol. The maximum atomic E-state index is 11.0. The van der Waals surface area contributed by atoms with E-state index < -0.39 is 5.97 Å². The first kappa shape index (κ1) is 10.8. The molecule has 2 aromatic heterocycles. The van der Waals surface area contributed by atoms with Crippen LogP contribution in [0.15, 0.2) is 22.8 Å². The lowest BCUT2D eigenvalue weighted by Crippen LogP contribution is -1.97. The zero-order valence-electron chi connectivity index (χ0n) is 8.81. The SMILES string of the molecule is N#Cc1ccc2[nH]c3nc(C(=O)O)c(Br)n3c2c1. The Bertz CT molecular complexity index is 840. The number of H-pyrrole nitrogens is 1. The number of carbonyl (C=O) groups is 1. The van der Waals surface area contributed by atoms with Gasteiger partial charge in [0.2, 0.25) is 5.78 Å². The quantitative estimate of drug-likeness (QED) is 0.720. The summed E-state index contributed by atoms with van der Waals surface area (Å²) in [5.41, 5.74) is 1.93. The minimum atomic E-state index is -1.11. The van der Waals surface area contributed by atoms with Gasteiger partial charge in [-0.15, -0.1) is 0 Å². The molecule has 3 aromatic rings. The van der Waals surface area contributed by atoms with Gasteiger partial charge in [-0.05, 0) is 34.1 Å². The standard InChI is InChI=1S/C11H5BrN4O2/c12-9-8(10(17)18)15-11-14-6-2-1-5(4-13)3-7(6)16(9)11/h1-3H,(H,14,15)(H,17,18). The first-order valence-electron chi connectivity index (χ1n) is 4.95. The van der Waals surface area contributed by atoms with Gasteiger partial charge in [0.05, 0.1) is 22.7 Å². The van der Waals surface area contributed by atoms with Crippen molar-refractivity contribution >= 4 is 38.7 Å². The number of fused-ring (bicyclic) bond motifs is 3. The van der Waals surface area contributed by atoms with Gasteiger partial charge in [-0.25, -0.2) is 9.78 Å². The summed E-state index contributed by atoms with van der Waals surface area (Å²) < 4.78 is 1.98. The van der Waals surface area contributed by atoms with E-state index >= 15 is 0 Å². The number of carboxylic acid groups (broad SMARTS) is 1. The smallest absolute Gasteiger partial charge is 0.357 e. The van der Waals surface area contributed by atoms with Gasteiger partial charge in [0.1, 0.15) is 4.60 Å². The van der Waals surface area contributed by atoms with Crippen LogP contribution in [0, 0.1) is 11.3 Å². The van der Waals surface area contributed by atoms with Crippen molar-refractivity contribution in [3.05, 3.63) is 34.1 Å². The van der Waals surface area contributed by atoms with Crippen LogP contribution in [0.25, 0.3) is 16.8 Å². The van der Waals surface area contributed by atoms with Gasteiger partial charge in [-0.1, -0.05) is 0 Å². The predicted molar refractivity (Wildman–Crippen MR) is 66.4 cm³/mol. The Kier molecular flexibility index (Phi) is 2.15. The van der Waals surface area contributed by atoms with E-state index in [0.717, 1.165) is 5.52 Å². The average Bonchev–Trinajstić information content (AvgIpc) is 2.85. The molecule has 0 spiro atoms. The van der Waals surface area contributed by atoms with Crippen molar-refractivity contribution in [2.45, 2.75) is 0 Å². The zero-order valence-corrected chi connectivity index (χ0v) is 10.4.